The molecule has 0 spiro atoms. The molecule has 2 aliphatic rings. The summed E-state index contributed by atoms with van der Waals surface area (Å²) in [6, 6.07) is 12.9. The van der Waals surface area contributed by atoms with Crippen LogP contribution >= 0.6 is 0 Å². The van der Waals surface area contributed by atoms with Gasteiger partial charge in [-0.25, -0.2) is 0 Å². The number of halogens is 3. The highest BCUT2D eigenvalue weighted by Gasteiger charge is 2.35. The number of hydrogen-bond donors (Lipinski definition) is 0. The zero-order chi connectivity index (χ0) is 18.3. The van der Waals surface area contributed by atoms with Crippen molar-refractivity contribution in [2.75, 3.05) is 26.2 Å². The summed E-state index contributed by atoms with van der Waals surface area (Å²) in [5, 5.41) is 0. The van der Waals surface area contributed by atoms with Crippen LogP contribution in [-0.2, 0) is 12.6 Å². The van der Waals surface area contributed by atoms with E-state index in [1.54, 1.807) is 4.90 Å². The predicted molar refractivity (Wildman–Crippen MR) is 91.8 cm³/mol. The van der Waals surface area contributed by atoms with Gasteiger partial charge < -0.3 is 4.90 Å². The smallest absolute Gasteiger partial charge is 0.335 e. The molecular formula is C20H19F3N2O. The lowest BCUT2D eigenvalue weighted by molar-refractivity contribution is -0.137. The van der Waals surface area contributed by atoms with E-state index in [0.717, 1.165) is 31.6 Å². The number of carbonyl (C=O) groups is 1. The molecule has 136 valence electrons. The second kappa shape index (κ2) is 6.43. The predicted octanol–water partition coefficient (Wildman–Crippen LogP) is 3.76. The summed E-state index contributed by atoms with van der Waals surface area (Å²) in [5.74, 6) is -0.207. The van der Waals surface area contributed by atoms with E-state index < -0.39 is 11.7 Å². The first-order valence-electron chi connectivity index (χ1n) is 8.72. The van der Waals surface area contributed by atoms with Crippen LogP contribution in [0, 0.1) is 0 Å². The van der Waals surface area contributed by atoms with Gasteiger partial charge in [-0.3, -0.25) is 9.69 Å². The molecule has 0 N–H and O–H groups in total. The van der Waals surface area contributed by atoms with Crippen molar-refractivity contribution in [1.82, 2.24) is 9.80 Å². The molecule has 2 aromatic carbocycles. The fourth-order valence-electron chi connectivity index (χ4n) is 3.90. The monoisotopic (exact) mass is 360 g/mol. The number of fused-ring (bicyclic) bond motifs is 3. The Bertz CT molecular complexity index is 817. The molecule has 26 heavy (non-hydrogen) atoms. The van der Waals surface area contributed by atoms with Gasteiger partial charge in [-0.15, -0.1) is 0 Å². The average molecular weight is 360 g/mol. The Morgan fingerprint density at radius 3 is 2.42 bits per heavy atom. The molecule has 1 amide bonds. The average Bonchev–Trinajstić information content (AvgIpc) is 2.66. The molecule has 0 unspecified atom stereocenters. The maximum absolute atomic E-state index is 12.8. The Kier molecular flexibility index (Phi) is 4.23. The SMILES string of the molecule is O=C(c1ccc(C(F)(F)F)cc1)N1CCN2CCc3ccccc3[C@@H]2C1. The number of alkyl halides is 3. The number of hydrogen-bond acceptors (Lipinski definition) is 2. The van der Waals surface area contributed by atoms with E-state index in [1.165, 1.54) is 23.3 Å². The van der Waals surface area contributed by atoms with Gasteiger partial charge in [0.1, 0.15) is 0 Å². The highest BCUT2D eigenvalue weighted by atomic mass is 19.4. The first-order chi connectivity index (χ1) is 12.4. The first-order valence-corrected chi connectivity index (χ1v) is 8.72. The molecule has 1 fully saturated rings. The van der Waals surface area contributed by atoms with Crippen molar-refractivity contribution in [2.24, 2.45) is 0 Å². The molecule has 0 bridgehead atoms. The molecule has 6 heteroatoms. The number of amides is 1. The van der Waals surface area contributed by atoms with Gasteiger partial charge in [0.2, 0.25) is 0 Å². The van der Waals surface area contributed by atoms with Crippen LogP contribution in [0.2, 0.25) is 0 Å². The van der Waals surface area contributed by atoms with E-state index in [2.05, 4.69) is 17.0 Å². The highest BCUT2D eigenvalue weighted by Crippen LogP contribution is 2.33. The van der Waals surface area contributed by atoms with Crippen molar-refractivity contribution in [3.8, 4) is 0 Å². The lowest BCUT2D eigenvalue weighted by Crippen LogP contribution is -2.52. The molecule has 1 saturated heterocycles. The van der Waals surface area contributed by atoms with E-state index in [0.29, 0.717) is 18.7 Å². The molecule has 2 aliphatic heterocycles. The van der Waals surface area contributed by atoms with Crippen LogP contribution in [-0.4, -0.2) is 41.9 Å². The summed E-state index contributed by atoms with van der Waals surface area (Å²) in [6.45, 7) is 2.92. The molecule has 0 radical (unpaired) electrons. The van der Waals surface area contributed by atoms with Crippen molar-refractivity contribution >= 4 is 5.91 Å². The minimum absolute atomic E-state index is 0.159. The van der Waals surface area contributed by atoms with Gasteiger partial charge in [0.15, 0.2) is 0 Å². The fraction of sp³-hybridized carbons (Fsp3) is 0.350. The second-order valence-corrected chi connectivity index (χ2v) is 6.83. The number of benzene rings is 2. The lowest BCUT2D eigenvalue weighted by Gasteiger charge is -2.44. The molecule has 4 rings (SSSR count). The summed E-state index contributed by atoms with van der Waals surface area (Å²) < 4.78 is 38.1. The van der Waals surface area contributed by atoms with E-state index in [-0.39, 0.29) is 11.9 Å². The van der Waals surface area contributed by atoms with Crippen LogP contribution in [0.5, 0.6) is 0 Å². The van der Waals surface area contributed by atoms with E-state index in [9.17, 15) is 18.0 Å². The number of piperazine rings is 1. The summed E-state index contributed by atoms with van der Waals surface area (Å²) >= 11 is 0. The molecule has 2 aromatic rings. The van der Waals surface area contributed by atoms with Crippen molar-refractivity contribution in [3.63, 3.8) is 0 Å². The van der Waals surface area contributed by atoms with Crippen LogP contribution in [0.4, 0.5) is 13.2 Å². The fourth-order valence-corrected chi connectivity index (χ4v) is 3.90. The summed E-state index contributed by atoms with van der Waals surface area (Å²) in [5.41, 5.74) is 2.14. The molecule has 2 heterocycles. The Morgan fingerprint density at radius 1 is 0.962 bits per heavy atom. The number of rotatable bonds is 1. The molecule has 0 aromatic heterocycles. The van der Waals surface area contributed by atoms with Gasteiger partial charge in [0, 0.05) is 31.7 Å². The van der Waals surface area contributed by atoms with Gasteiger partial charge in [-0.05, 0) is 41.8 Å². The van der Waals surface area contributed by atoms with Crippen LogP contribution in [0.1, 0.15) is 33.1 Å². The van der Waals surface area contributed by atoms with Crippen LogP contribution in [0.25, 0.3) is 0 Å². The van der Waals surface area contributed by atoms with Gasteiger partial charge >= 0.3 is 6.18 Å². The molecule has 3 nitrogen and oxygen atoms in total. The minimum atomic E-state index is -4.39. The van der Waals surface area contributed by atoms with E-state index in [4.69, 9.17) is 0 Å². The standard InChI is InChI=1S/C20H19F3N2O/c21-20(22,23)16-7-5-15(6-8-16)19(26)25-12-11-24-10-9-14-3-1-2-4-17(14)18(24)13-25/h1-8,18H,9-13H2/t18-/m0/s1. The highest BCUT2D eigenvalue weighted by molar-refractivity contribution is 5.94. The van der Waals surface area contributed by atoms with E-state index >= 15 is 0 Å². The third kappa shape index (κ3) is 3.09. The Labute approximate surface area is 150 Å². The molecule has 1 atom stereocenters. The van der Waals surface area contributed by atoms with Gasteiger partial charge in [-0.2, -0.15) is 13.2 Å². The Balaban J connectivity index is 1.54. The summed E-state index contributed by atoms with van der Waals surface area (Å²) in [4.78, 5) is 16.9. The van der Waals surface area contributed by atoms with Crippen molar-refractivity contribution < 1.29 is 18.0 Å². The third-order valence-corrected chi connectivity index (χ3v) is 5.32. The van der Waals surface area contributed by atoms with Crippen molar-refractivity contribution in [2.45, 2.75) is 18.6 Å². The molecular weight excluding hydrogens is 341 g/mol. The van der Waals surface area contributed by atoms with Crippen LogP contribution in [0.15, 0.2) is 48.5 Å². The number of carbonyl (C=O) groups excluding carboxylic acids is 1. The lowest BCUT2D eigenvalue weighted by atomic mass is 9.91. The minimum Gasteiger partial charge on any atom is -0.335 e. The Morgan fingerprint density at radius 2 is 1.69 bits per heavy atom. The molecule has 0 aliphatic carbocycles. The Hall–Kier alpha value is -2.34. The van der Waals surface area contributed by atoms with Crippen molar-refractivity contribution in [1.29, 1.82) is 0 Å². The quantitative estimate of drug-likeness (QED) is 0.773. The normalized spacial score (nSPS) is 20.4. The van der Waals surface area contributed by atoms with Gasteiger partial charge in [0.05, 0.1) is 11.6 Å². The van der Waals surface area contributed by atoms with Gasteiger partial charge in [-0.1, -0.05) is 24.3 Å². The summed E-state index contributed by atoms with van der Waals surface area (Å²) in [7, 11) is 0. The first kappa shape index (κ1) is 17.1. The van der Waals surface area contributed by atoms with Crippen LogP contribution < -0.4 is 0 Å². The maximum Gasteiger partial charge on any atom is 0.416 e. The molecule has 0 saturated carbocycles. The van der Waals surface area contributed by atoms with Crippen molar-refractivity contribution in [3.05, 3.63) is 70.8 Å². The van der Waals surface area contributed by atoms with E-state index in [1.807, 2.05) is 12.1 Å². The topological polar surface area (TPSA) is 23.6 Å². The van der Waals surface area contributed by atoms with Gasteiger partial charge in [0.25, 0.3) is 5.91 Å². The largest absolute Gasteiger partial charge is 0.416 e. The third-order valence-electron chi connectivity index (χ3n) is 5.32. The number of nitrogens with zero attached hydrogens (tertiary/aromatic N) is 2. The zero-order valence-electron chi connectivity index (χ0n) is 14.2. The summed E-state index contributed by atoms with van der Waals surface area (Å²) in [6.07, 6.45) is -3.38. The van der Waals surface area contributed by atoms with Crippen LogP contribution in [0.3, 0.4) is 0 Å². The zero-order valence-corrected chi connectivity index (χ0v) is 14.2. The maximum atomic E-state index is 12.8. The second-order valence-electron chi connectivity index (χ2n) is 6.83.